The van der Waals surface area contributed by atoms with E-state index in [-0.39, 0.29) is 22.4 Å². The number of nitrogens with zero attached hydrogens (tertiary/aromatic N) is 2. The van der Waals surface area contributed by atoms with Crippen molar-refractivity contribution in [1.82, 2.24) is 14.9 Å². The molecule has 0 spiro atoms. The molecule has 138 valence electrons. The number of likely N-dealkylation sites (tertiary alicyclic amines) is 1. The third-order valence-corrected chi connectivity index (χ3v) is 4.96. The van der Waals surface area contributed by atoms with Crippen molar-refractivity contribution in [2.45, 2.75) is 51.9 Å². The second-order valence-electron chi connectivity index (χ2n) is 8.23. The number of hydrogen-bond donors (Lipinski definition) is 1. The number of piperidine rings is 1. The molecule has 1 saturated heterocycles. The summed E-state index contributed by atoms with van der Waals surface area (Å²) in [7, 11) is 0. The summed E-state index contributed by atoms with van der Waals surface area (Å²) in [6.45, 7) is 9.33. The Morgan fingerprint density at radius 3 is 2.73 bits per heavy atom. The first-order valence-corrected chi connectivity index (χ1v) is 9.21. The van der Waals surface area contributed by atoms with Crippen LogP contribution in [0.3, 0.4) is 0 Å². The number of H-pyrrole nitrogens is 1. The van der Waals surface area contributed by atoms with Gasteiger partial charge in [-0.2, -0.15) is 0 Å². The molecule has 1 atom stereocenters. The third kappa shape index (κ3) is 3.87. The summed E-state index contributed by atoms with van der Waals surface area (Å²) in [6.07, 6.45) is 3.43. The molecule has 1 aromatic carbocycles. The van der Waals surface area contributed by atoms with Crippen molar-refractivity contribution in [2.24, 2.45) is 0 Å². The fraction of sp³-hybridized carbons (Fsp3) is 0.476. The van der Waals surface area contributed by atoms with Crippen LogP contribution in [0, 0.1) is 6.92 Å². The first-order valence-electron chi connectivity index (χ1n) is 9.21. The lowest BCUT2D eigenvalue weighted by Crippen LogP contribution is -2.41. The van der Waals surface area contributed by atoms with Gasteiger partial charge in [-0.25, -0.2) is 4.98 Å². The van der Waals surface area contributed by atoms with Gasteiger partial charge in [0.1, 0.15) is 11.4 Å². The lowest BCUT2D eigenvalue weighted by Gasteiger charge is -2.33. The Morgan fingerprint density at radius 1 is 1.31 bits per heavy atom. The lowest BCUT2D eigenvalue weighted by molar-refractivity contribution is 0.0704. The maximum atomic E-state index is 12.9. The molecule has 1 aliphatic heterocycles. The summed E-state index contributed by atoms with van der Waals surface area (Å²) in [5.74, 6) is 0.681. The van der Waals surface area contributed by atoms with Gasteiger partial charge < -0.3 is 9.88 Å². The van der Waals surface area contributed by atoms with Crippen LogP contribution in [0.1, 0.15) is 66.8 Å². The third-order valence-electron chi connectivity index (χ3n) is 4.96. The molecule has 1 fully saturated rings. The fourth-order valence-corrected chi connectivity index (χ4v) is 3.46. The van der Waals surface area contributed by atoms with Gasteiger partial charge in [-0.3, -0.25) is 9.59 Å². The summed E-state index contributed by atoms with van der Waals surface area (Å²) >= 11 is 0. The molecule has 1 N–H and O–H groups in total. The van der Waals surface area contributed by atoms with Crippen LogP contribution in [-0.2, 0) is 5.41 Å². The van der Waals surface area contributed by atoms with Gasteiger partial charge in [0.15, 0.2) is 0 Å². The van der Waals surface area contributed by atoms with Crippen LogP contribution in [0.5, 0.6) is 0 Å². The Labute approximate surface area is 154 Å². The topological polar surface area (TPSA) is 66.1 Å². The second-order valence-corrected chi connectivity index (χ2v) is 8.23. The Balaban J connectivity index is 1.80. The number of aryl methyl sites for hydroxylation is 1. The van der Waals surface area contributed by atoms with Crippen LogP contribution >= 0.6 is 0 Å². The predicted molar refractivity (Wildman–Crippen MR) is 103 cm³/mol. The molecule has 26 heavy (non-hydrogen) atoms. The summed E-state index contributed by atoms with van der Waals surface area (Å²) in [4.78, 5) is 34.2. The van der Waals surface area contributed by atoms with E-state index >= 15 is 0 Å². The molecule has 0 radical (unpaired) electrons. The first-order chi connectivity index (χ1) is 12.3. The van der Waals surface area contributed by atoms with E-state index in [4.69, 9.17) is 0 Å². The zero-order valence-electron chi connectivity index (χ0n) is 16.0. The van der Waals surface area contributed by atoms with Crippen molar-refractivity contribution < 1.29 is 4.79 Å². The van der Waals surface area contributed by atoms with Crippen LogP contribution in [0.15, 0.2) is 35.3 Å². The number of nitrogens with one attached hydrogen (secondary N) is 1. The van der Waals surface area contributed by atoms with Crippen LogP contribution < -0.4 is 5.56 Å². The van der Waals surface area contributed by atoms with E-state index < -0.39 is 0 Å². The monoisotopic (exact) mass is 353 g/mol. The molecule has 5 heteroatoms. The quantitative estimate of drug-likeness (QED) is 0.900. The van der Waals surface area contributed by atoms with Crippen molar-refractivity contribution in [3.63, 3.8) is 0 Å². The summed E-state index contributed by atoms with van der Waals surface area (Å²) in [6, 6.07) is 8.45. The van der Waals surface area contributed by atoms with E-state index in [0.29, 0.717) is 24.8 Å². The molecule has 1 aromatic heterocycles. The largest absolute Gasteiger partial charge is 0.338 e. The van der Waals surface area contributed by atoms with Gasteiger partial charge in [-0.1, -0.05) is 50.6 Å². The van der Waals surface area contributed by atoms with Crippen molar-refractivity contribution in [3.05, 3.63) is 63.3 Å². The maximum absolute atomic E-state index is 12.9. The van der Waals surface area contributed by atoms with Crippen LogP contribution in [0.2, 0.25) is 0 Å². The van der Waals surface area contributed by atoms with Gasteiger partial charge in [0.2, 0.25) is 0 Å². The standard InChI is InChI=1S/C21H27N3O2/c1-14-7-5-8-15(11-14)16-9-6-10-24(13-16)19(26)17-12-22-20(21(2,3)4)23-18(17)25/h5,7-8,11-12,16H,6,9-10,13H2,1-4H3,(H,22,23,25)/t16-/m0/s1. The van der Waals surface area contributed by atoms with Gasteiger partial charge in [0, 0.05) is 30.6 Å². The summed E-state index contributed by atoms with van der Waals surface area (Å²) in [5.41, 5.74) is 2.00. The number of aromatic amines is 1. The summed E-state index contributed by atoms with van der Waals surface area (Å²) in [5, 5.41) is 0. The zero-order chi connectivity index (χ0) is 18.9. The van der Waals surface area contributed by atoms with Crippen molar-refractivity contribution in [1.29, 1.82) is 0 Å². The summed E-state index contributed by atoms with van der Waals surface area (Å²) < 4.78 is 0. The average molecular weight is 353 g/mol. The Bertz CT molecular complexity index is 864. The van der Waals surface area contributed by atoms with E-state index in [2.05, 4.69) is 41.2 Å². The highest BCUT2D eigenvalue weighted by atomic mass is 16.2. The van der Waals surface area contributed by atoms with Crippen LogP contribution in [0.4, 0.5) is 0 Å². The molecule has 0 unspecified atom stereocenters. The molecule has 5 nitrogen and oxygen atoms in total. The number of amides is 1. The highest BCUT2D eigenvalue weighted by molar-refractivity contribution is 5.93. The molecular weight excluding hydrogens is 326 g/mol. The van der Waals surface area contributed by atoms with Crippen molar-refractivity contribution in [2.75, 3.05) is 13.1 Å². The van der Waals surface area contributed by atoms with E-state index in [1.165, 1.54) is 17.3 Å². The molecule has 0 saturated carbocycles. The number of carbonyl (C=O) groups excluding carboxylic acids is 1. The molecular formula is C21H27N3O2. The number of aromatic nitrogens is 2. The molecule has 0 aliphatic carbocycles. The predicted octanol–water partition coefficient (Wildman–Crippen LogP) is 3.40. The molecule has 2 heterocycles. The van der Waals surface area contributed by atoms with Crippen molar-refractivity contribution >= 4 is 5.91 Å². The lowest BCUT2D eigenvalue weighted by atomic mass is 9.89. The highest BCUT2D eigenvalue weighted by Crippen LogP contribution is 2.28. The SMILES string of the molecule is Cc1cccc([C@H]2CCCN(C(=O)c3cnc(C(C)(C)C)[nH]c3=O)C2)c1. The first kappa shape index (κ1) is 18.4. The van der Waals surface area contributed by atoms with Gasteiger partial charge in [-0.05, 0) is 25.3 Å². The smallest absolute Gasteiger partial charge is 0.263 e. The van der Waals surface area contributed by atoms with Gasteiger partial charge in [-0.15, -0.1) is 0 Å². The number of benzene rings is 1. The number of rotatable bonds is 2. The van der Waals surface area contributed by atoms with Gasteiger partial charge >= 0.3 is 0 Å². The minimum absolute atomic E-state index is 0.128. The molecule has 0 bridgehead atoms. The normalized spacial score (nSPS) is 18.0. The Kier molecular flexibility index (Phi) is 4.99. The van der Waals surface area contributed by atoms with E-state index in [0.717, 1.165) is 12.8 Å². The van der Waals surface area contributed by atoms with E-state index in [9.17, 15) is 9.59 Å². The number of carbonyl (C=O) groups is 1. The minimum atomic E-state index is -0.354. The molecule has 3 rings (SSSR count). The molecule has 1 aliphatic rings. The average Bonchev–Trinajstić information content (AvgIpc) is 2.60. The fourth-order valence-electron chi connectivity index (χ4n) is 3.46. The second kappa shape index (κ2) is 7.06. The maximum Gasteiger partial charge on any atom is 0.263 e. The van der Waals surface area contributed by atoms with Gasteiger partial charge in [0.25, 0.3) is 11.5 Å². The van der Waals surface area contributed by atoms with E-state index in [1.807, 2.05) is 20.8 Å². The number of hydrogen-bond acceptors (Lipinski definition) is 3. The Morgan fingerprint density at radius 2 is 2.08 bits per heavy atom. The minimum Gasteiger partial charge on any atom is -0.338 e. The zero-order valence-corrected chi connectivity index (χ0v) is 16.0. The highest BCUT2D eigenvalue weighted by Gasteiger charge is 2.28. The van der Waals surface area contributed by atoms with Gasteiger partial charge in [0.05, 0.1) is 0 Å². The Hall–Kier alpha value is -2.43. The van der Waals surface area contributed by atoms with E-state index in [1.54, 1.807) is 4.90 Å². The van der Waals surface area contributed by atoms with Crippen LogP contribution in [-0.4, -0.2) is 33.9 Å². The molecule has 2 aromatic rings. The van der Waals surface area contributed by atoms with Crippen molar-refractivity contribution in [3.8, 4) is 0 Å². The molecule has 1 amide bonds. The van der Waals surface area contributed by atoms with Crippen LogP contribution in [0.25, 0.3) is 0 Å².